The number of hydrogen-bond acceptors (Lipinski definition) is 5. The van der Waals surface area contributed by atoms with Crippen molar-refractivity contribution in [2.45, 2.75) is 38.1 Å². The highest BCUT2D eigenvalue weighted by Crippen LogP contribution is 2.42. The number of aromatic nitrogens is 3. The van der Waals surface area contributed by atoms with E-state index in [1.807, 2.05) is 12.1 Å². The van der Waals surface area contributed by atoms with Crippen molar-refractivity contribution in [2.75, 3.05) is 42.9 Å². The van der Waals surface area contributed by atoms with Crippen LogP contribution in [-0.2, 0) is 6.54 Å². The van der Waals surface area contributed by atoms with Crippen molar-refractivity contribution >= 4 is 33.0 Å². The highest BCUT2D eigenvalue weighted by atomic mass is 79.9. The van der Waals surface area contributed by atoms with Gasteiger partial charge in [0.1, 0.15) is 4.60 Å². The number of pyridine rings is 2. The molecule has 2 aliphatic carbocycles. The minimum absolute atomic E-state index is 0.700. The van der Waals surface area contributed by atoms with E-state index in [1.165, 1.54) is 56.6 Å². The number of imidazole rings is 1. The van der Waals surface area contributed by atoms with Gasteiger partial charge in [0, 0.05) is 57.0 Å². The molecule has 3 aliphatic rings. The van der Waals surface area contributed by atoms with Gasteiger partial charge in [0.15, 0.2) is 5.65 Å². The van der Waals surface area contributed by atoms with Crippen LogP contribution < -0.4 is 10.2 Å². The molecule has 0 bridgehead atoms. The molecule has 3 aromatic rings. The first kappa shape index (κ1) is 19.6. The fourth-order valence-corrected chi connectivity index (χ4v) is 5.02. The van der Waals surface area contributed by atoms with Gasteiger partial charge in [-0.25, -0.2) is 9.97 Å². The summed E-state index contributed by atoms with van der Waals surface area (Å²) in [6, 6.07) is 6.40. The van der Waals surface area contributed by atoms with E-state index in [4.69, 9.17) is 4.98 Å². The minimum Gasteiger partial charge on any atom is -0.379 e. The smallest absolute Gasteiger partial charge is 0.160 e. The van der Waals surface area contributed by atoms with Crippen LogP contribution in [-0.4, -0.2) is 52.0 Å². The molecule has 31 heavy (non-hydrogen) atoms. The van der Waals surface area contributed by atoms with E-state index in [1.54, 1.807) is 6.20 Å². The second-order valence-corrected chi connectivity index (χ2v) is 10.2. The van der Waals surface area contributed by atoms with Crippen LogP contribution in [0.3, 0.4) is 0 Å². The number of hydrogen-bond donors (Lipinski definition) is 1. The van der Waals surface area contributed by atoms with Crippen LogP contribution in [0.15, 0.2) is 41.4 Å². The highest BCUT2D eigenvalue weighted by molar-refractivity contribution is 9.10. The average Bonchev–Trinajstić information content (AvgIpc) is 3.71. The molecule has 1 N–H and O–H groups in total. The molecule has 7 heteroatoms. The summed E-state index contributed by atoms with van der Waals surface area (Å²) in [6.45, 7) is 6.54. The fraction of sp³-hybridized carbons (Fsp3) is 0.500. The molecular formula is C24H29BrN6. The molecule has 4 heterocycles. The van der Waals surface area contributed by atoms with Crippen LogP contribution in [0.2, 0.25) is 0 Å². The first-order chi connectivity index (χ1) is 15.2. The first-order valence-corrected chi connectivity index (χ1v) is 12.3. The van der Waals surface area contributed by atoms with Crippen LogP contribution in [0.25, 0.3) is 5.65 Å². The van der Waals surface area contributed by atoms with Gasteiger partial charge >= 0.3 is 0 Å². The zero-order valence-electron chi connectivity index (χ0n) is 17.8. The van der Waals surface area contributed by atoms with Crippen LogP contribution in [0.4, 0.5) is 11.4 Å². The molecule has 162 valence electrons. The van der Waals surface area contributed by atoms with E-state index in [2.05, 4.69) is 58.9 Å². The third-order valence-electron chi connectivity index (χ3n) is 6.78. The zero-order valence-corrected chi connectivity index (χ0v) is 19.4. The standard InChI is InChI=1S/C24H29BrN6/c25-23-12-20(5-6-26-23)27-13-21-16-31-15-19(18-3-4-18)11-22(24(31)28-21)30-9-7-29(8-10-30)14-17-1-2-17/h5-6,11-12,15-18H,1-4,7-10,13-14H2,(H,26,27). The molecule has 2 saturated carbocycles. The summed E-state index contributed by atoms with van der Waals surface area (Å²) >= 11 is 3.44. The number of rotatable bonds is 7. The average molecular weight is 481 g/mol. The summed E-state index contributed by atoms with van der Waals surface area (Å²) < 4.78 is 3.10. The topological polar surface area (TPSA) is 48.7 Å². The Morgan fingerprint density at radius 1 is 1.03 bits per heavy atom. The predicted molar refractivity (Wildman–Crippen MR) is 128 cm³/mol. The SMILES string of the molecule is Brc1cc(NCc2cn3cc(C4CC4)cc(N4CCN(CC5CC5)CC4)c3n2)ccn1. The maximum atomic E-state index is 5.04. The van der Waals surface area contributed by atoms with Gasteiger partial charge in [0.05, 0.1) is 17.9 Å². The van der Waals surface area contributed by atoms with Gasteiger partial charge in [-0.1, -0.05) is 0 Å². The van der Waals surface area contributed by atoms with Crippen molar-refractivity contribution in [1.82, 2.24) is 19.3 Å². The van der Waals surface area contributed by atoms with Crippen LogP contribution in [0.1, 0.15) is 42.9 Å². The van der Waals surface area contributed by atoms with Crippen LogP contribution >= 0.6 is 15.9 Å². The van der Waals surface area contributed by atoms with Gasteiger partial charge < -0.3 is 14.6 Å². The van der Waals surface area contributed by atoms with Gasteiger partial charge in [0.25, 0.3) is 0 Å². The first-order valence-electron chi connectivity index (χ1n) is 11.6. The lowest BCUT2D eigenvalue weighted by molar-refractivity contribution is 0.248. The number of piperazine rings is 1. The van der Waals surface area contributed by atoms with Crippen LogP contribution in [0.5, 0.6) is 0 Å². The van der Waals surface area contributed by atoms with E-state index >= 15 is 0 Å². The normalized spacial score (nSPS) is 19.8. The molecule has 0 atom stereocenters. The maximum absolute atomic E-state index is 5.04. The lowest BCUT2D eigenvalue weighted by Gasteiger charge is -2.36. The molecule has 3 fully saturated rings. The molecule has 6 nitrogen and oxygen atoms in total. The highest BCUT2D eigenvalue weighted by Gasteiger charge is 2.29. The van der Waals surface area contributed by atoms with E-state index < -0.39 is 0 Å². The minimum atomic E-state index is 0.700. The largest absolute Gasteiger partial charge is 0.379 e. The molecule has 0 spiro atoms. The van der Waals surface area contributed by atoms with Crippen LogP contribution in [0, 0.1) is 5.92 Å². The Morgan fingerprint density at radius 3 is 2.61 bits per heavy atom. The molecule has 0 unspecified atom stereocenters. The summed E-state index contributed by atoms with van der Waals surface area (Å²) in [5.41, 5.74) is 5.98. The molecular weight excluding hydrogens is 452 g/mol. The van der Waals surface area contributed by atoms with Gasteiger partial charge in [-0.2, -0.15) is 0 Å². The molecule has 0 aromatic carbocycles. The fourth-order valence-electron chi connectivity index (χ4n) is 4.65. The van der Waals surface area contributed by atoms with E-state index in [-0.39, 0.29) is 0 Å². The molecule has 6 rings (SSSR count). The molecule has 1 aliphatic heterocycles. The Kier molecular flexibility index (Phi) is 5.11. The van der Waals surface area contributed by atoms with Crippen molar-refractivity contribution in [3.63, 3.8) is 0 Å². The quantitative estimate of drug-likeness (QED) is 0.504. The monoisotopic (exact) mass is 480 g/mol. The second-order valence-electron chi connectivity index (χ2n) is 9.35. The summed E-state index contributed by atoms with van der Waals surface area (Å²) in [6.07, 6.45) is 11.8. The number of anilines is 2. The summed E-state index contributed by atoms with van der Waals surface area (Å²) in [5.74, 6) is 1.71. The van der Waals surface area contributed by atoms with Gasteiger partial charge in [-0.15, -0.1) is 0 Å². The summed E-state index contributed by atoms with van der Waals surface area (Å²) in [4.78, 5) is 14.5. The lowest BCUT2D eigenvalue weighted by atomic mass is 10.1. The Bertz CT molecular complexity index is 1080. The van der Waals surface area contributed by atoms with E-state index in [9.17, 15) is 0 Å². The van der Waals surface area contributed by atoms with Crippen molar-refractivity contribution in [3.8, 4) is 0 Å². The predicted octanol–water partition coefficient (Wildman–Crippen LogP) is 4.51. The van der Waals surface area contributed by atoms with E-state index in [0.29, 0.717) is 6.54 Å². The van der Waals surface area contributed by atoms with Gasteiger partial charge in [-0.3, -0.25) is 4.90 Å². The summed E-state index contributed by atoms with van der Waals surface area (Å²) in [5, 5.41) is 3.48. The Labute approximate surface area is 191 Å². The van der Waals surface area contributed by atoms with Crippen molar-refractivity contribution in [2.24, 2.45) is 5.92 Å². The van der Waals surface area contributed by atoms with Crippen molar-refractivity contribution in [3.05, 3.63) is 52.7 Å². The molecule has 1 saturated heterocycles. The zero-order chi connectivity index (χ0) is 20.8. The third kappa shape index (κ3) is 4.44. The van der Waals surface area contributed by atoms with Gasteiger partial charge in [-0.05, 0) is 77.2 Å². The number of nitrogens with zero attached hydrogens (tertiary/aromatic N) is 5. The van der Waals surface area contributed by atoms with Gasteiger partial charge in [0.2, 0.25) is 0 Å². The number of halogens is 1. The molecule has 3 aromatic heterocycles. The maximum Gasteiger partial charge on any atom is 0.160 e. The molecule has 0 radical (unpaired) electrons. The summed E-state index contributed by atoms with van der Waals surface area (Å²) in [7, 11) is 0. The van der Waals surface area contributed by atoms with E-state index in [0.717, 1.165) is 46.6 Å². The van der Waals surface area contributed by atoms with Crippen molar-refractivity contribution < 1.29 is 0 Å². The Hall–Kier alpha value is -2.12. The lowest BCUT2D eigenvalue weighted by Crippen LogP contribution is -2.47. The molecule has 0 amide bonds. The Balaban J connectivity index is 1.24. The van der Waals surface area contributed by atoms with Crippen molar-refractivity contribution in [1.29, 1.82) is 0 Å². The second kappa shape index (κ2) is 8.10. The third-order valence-corrected chi connectivity index (χ3v) is 7.21. The number of nitrogens with one attached hydrogen (secondary N) is 1. The number of fused-ring (bicyclic) bond motifs is 1. The Morgan fingerprint density at radius 2 is 1.87 bits per heavy atom.